The molecule has 3 nitrogen and oxygen atoms in total. The molecule has 0 saturated heterocycles. The maximum absolute atomic E-state index is 4.64. The van der Waals surface area contributed by atoms with E-state index in [0.717, 1.165) is 13.0 Å². The van der Waals surface area contributed by atoms with Crippen molar-refractivity contribution in [3.63, 3.8) is 0 Å². The van der Waals surface area contributed by atoms with E-state index in [9.17, 15) is 0 Å². The molecule has 0 aliphatic rings. The van der Waals surface area contributed by atoms with E-state index in [1.807, 2.05) is 0 Å². The van der Waals surface area contributed by atoms with Crippen molar-refractivity contribution in [2.24, 2.45) is 5.92 Å². The molecule has 1 N–H and O–H groups in total. The lowest BCUT2D eigenvalue weighted by molar-refractivity contribution is 0.340. The average molecular weight is 237 g/mol. The van der Waals surface area contributed by atoms with Crippen molar-refractivity contribution in [2.45, 2.75) is 59.5 Å². The van der Waals surface area contributed by atoms with Crippen molar-refractivity contribution in [3.05, 3.63) is 17.5 Å². The normalized spacial score (nSPS) is 13.3. The minimum absolute atomic E-state index is 0.428. The van der Waals surface area contributed by atoms with Crippen LogP contribution in [0.5, 0.6) is 0 Å². The lowest BCUT2D eigenvalue weighted by atomic mass is 9.91. The zero-order valence-electron chi connectivity index (χ0n) is 12.0. The lowest BCUT2D eigenvalue weighted by Crippen LogP contribution is -2.27. The highest BCUT2D eigenvalue weighted by molar-refractivity contribution is 5.15. The van der Waals surface area contributed by atoms with Crippen LogP contribution < -0.4 is 5.32 Å². The van der Waals surface area contributed by atoms with E-state index < -0.39 is 0 Å². The van der Waals surface area contributed by atoms with Crippen LogP contribution >= 0.6 is 0 Å². The van der Waals surface area contributed by atoms with Crippen molar-refractivity contribution in [2.75, 3.05) is 7.05 Å². The van der Waals surface area contributed by atoms with Gasteiger partial charge in [0.25, 0.3) is 0 Å². The first kappa shape index (κ1) is 14.2. The maximum atomic E-state index is 4.64. The molecular formula is C14H27N3. The second kappa shape index (κ2) is 6.80. The highest BCUT2D eigenvalue weighted by Gasteiger charge is 2.22. The molecule has 0 amide bonds. The van der Waals surface area contributed by atoms with Crippen LogP contribution in [-0.2, 0) is 13.0 Å². The van der Waals surface area contributed by atoms with Crippen LogP contribution in [0.3, 0.4) is 0 Å². The van der Waals surface area contributed by atoms with Crippen molar-refractivity contribution in [3.8, 4) is 0 Å². The molecule has 0 aliphatic carbocycles. The average Bonchev–Trinajstić information content (AvgIpc) is 2.78. The van der Waals surface area contributed by atoms with E-state index in [1.54, 1.807) is 0 Å². The Morgan fingerprint density at radius 3 is 2.29 bits per heavy atom. The van der Waals surface area contributed by atoms with Gasteiger partial charge in [0, 0.05) is 6.54 Å². The first-order valence-corrected chi connectivity index (χ1v) is 6.95. The van der Waals surface area contributed by atoms with Crippen molar-refractivity contribution >= 4 is 0 Å². The summed E-state index contributed by atoms with van der Waals surface area (Å²) in [7, 11) is 2.06. The third-order valence-electron chi connectivity index (χ3n) is 3.67. The summed E-state index contributed by atoms with van der Waals surface area (Å²) in [6.45, 7) is 9.82. The Labute approximate surface area is 106 Å². The van der Waals surface area contributed by atoms with Crippen LogP contribution in [0.4, 0.5) is 0 Å². The number of aromatic nitrogens is 2. The van der Waals surface area contributed by atoms with E-state index in [0.29, 0.717) is 12.0 Å². The molecule has 0 bridgehead atoms. The van der Waals surface area contributed by atoms with E-state index in [-0.39, 0.29) is 0 Å². The summed E-state index contributed by atoms with van der Waals surface area (Å²) in [5.74, 6) is 0.687. The zero-order chi connectivity index (χ0) is 12.8. The van der Waals surface area contributed by atoms with Crippen LogP contribution in [0.1, 0.15) is 58.0 Å². The molecule has 0 spiro atoms. The van der Waals surface area contributed by atoms with Gasteiger partial charge in [-0.15, -0.1) is 0 Å². The predicted octanol–water partition coefficient (Wildman–Crippen LogP) is 3.16. The van der Waals surface area contributed by atoms with Crippen LogP contribution in [0.2, 0.25) is 0 Å². The monoisotopic (exact) mass is 237 g/mol. The smallest absolute Gasteiger partial charge is 0.0625 e. The maximum Gasteiger partial charge on any atom is 0.0625 e. The fourth-order valence-electron chi connectivity index (χ4n) is 2.55. The van der Waals surface area contributed by atoms with E-state index in [2.05, 4.69) is 55.9 Å². The van der Waals surface area contributed by atoms with E-state index in [1.165, 1.54) is 24.2 Å². The van der Waals surface area contributed by atoms with Crippen molar-refractivity contribution in [1.29, 1.82) is 0 Å². The van der Waals surface area contributed by atoms with Gasteiger partial charge in [0.1, 0.15) is 0 Å². The van der Waals surface area contributed by atoms with Gasteiger partial charge in [-0.3, -0.25) is 4.68 Å². The highest BCUT2D eigenvalue weighted by Crippen LogP contribution is 2.27. The number of rotatable bonds is 7. The number of hydrogen-bond donors (Lipinski definition) is 1. The van der Waals surface area contributed by atoms with Gasteiger partial charge in [-0.05, 0) is 32.4 Å². The molecule has 1 unspecified atom stereocenters. The Balaban J connectivity index is 3.04. The Hall–Kier alpha value is -0.830. The summed E-state index contributed by atoms with van der Waals surface area (Å²) in [6, 6.07) is 2.70. The second-order valence-corrected chi connectivity index (χ2v) is 4.57. The van der Waals surface area contributed by atoms with Crippen LogP contribution in [-0.4, -0.2) is 16.8 Å². The Kier molecular flexibility index (Phi) is 5.69. The van der Waals surface area contributed by atoms with Gasteiger partial charge in [-0.2, -0.15) is 5.10 Å². The van der Waals surface area contributed by atoms with E-state index >= 15 is 0 Å². The first-order chi connectivity index (χ1) is 8.21. The van der Waals surface area contributed by atoms with Gasteiger partial charge in [-0.25, -0.2) is 0 Å². The van der Waals surface area contributed by atoms with Gasteiger partial charge in [0.15, 0.2) is 0 Å². The summed E-state index contributed by atoms with van der Waals surface area (Å²) in [5.41, 5.74) is 2.55. The molecule has 0 radical (unpaired) electrons. The van der Waals surface area contributed by atoms with Gasteiger partial charge in [0.2, 0.25) is 0 Å². The Bertz CT molecular complexity index is 326. The van der Waals surface area contributed by atoms with Gasteiger partial charge >= 0.3 is 0 Å². The molecular weight excluding hydrogens is 210 g/mol. The summed E-state index contributed by atoms with van der Waals surface area (Å²) in [6.07, 6.45) is 3.43. The van der Waals surface area contributed by atoms with Gasteiger partial charge in [0.05, 0.1) is 17.4 Å². The molecule has 1 atom stereocenters. The topological polar surface area (TPSA) is 29.9 Å². The Morgan fingerprint density at radius 1 is 1.24 bits per heavy atom. The molecule has 0 aliphatic heterocycles. The van der Waals surface area contributed by atoms with Gasteiger partial charge < -0.3 is 5.32 Å². The molecule has 0 aromatic carbocycles. The number of nitrogens with one attached hydrogen (secondary N) is 1. The standard InChI is InChI=1S/C14H27N3/c1-6-11(7-2)14(15-5)13-10-12(8-3)16-17(13)9-4/h10-11,14-15H,6-9H2,1-5H3. The van der Waals surface area contributed by atoms with Crippen molar-refractivity contribution in [1.82, 2.24) is 15.1 Å². The summed E-state index contributed by atoms with van der Waals surface area (Å²) < 4.78 is 2.15. The molecule has 98 valence electrons. The van der Waals surface area contributed by atoms with Crippen LogP contribution in [0, 0.1) is 5.92 Å². The molecule has 0 fully saturated rings. The minimum Gasteiger partial charge on any atom is -0.311 e. The molecule has 3 heteroatoms. The lowest BCUT2D eigenvalue weighted by Gasteiger charge is -2.25. The highest BCUT2D eigenvalue weighted by atomic mass is 15.3. The summed E-state index contributed by atoms with van der Waals surface area (Å²) in [5, 5.41) is 8.12. The molecule has 0 saturated carbocycles. The quantitative estimate of drug-likeness (QED) is 0.789. The predicted molar refractivity (Wildman–Crippen MR) is 73.2 cm³/mol. The Morgan fingerprint density at radius 2 is 1.88 bits per heavy atom. The second-order valence-electron chi connectivity index (χ2n) is 4.57. The summed E-state index contributed by atoms with van der Waals surface area (Å²) >= 11 is 0. The fraction of sp³-hybridized carbons (Fsp3) is 0.786. The van der Waals surface area contributed by atoms with Crippen LogP contribution in [0.15, 0.2) is 6.07 Å². The van der Waals surface area contributed by atoms with Crippen LogP contribution in [0.25, 0.3) is 0 Å². The largest absolute Gasteiger partial charge is 0.311 e. The molecule has 1 heterocycles. The molecule has 1 rings (SSSR count). The summed E-state index contributed by atoms with van der Waals surface area (Å²) in [4.78, 5) is 0. The van der Waals surface area contributed by atoms with Crippen molar-refractivity contribution < 1.29 is 0 Å². The van der Waals surface area contributed by atoms with Gasteiger partial charge in [-0.1, -0.05) is 33.6 Å². The number of aryl methyl sites for hydroxylation is 2. The first-order valence-electron chi connectivity index (χ1n) is 6.95. The molecule has 17 heavy (non-hydrogen) atoms. The fourth-order valence-corrected chi connectivity index (χ4v) is 2.55. The molecule has 1 aromatic rings. The SMILES string of the molecule is CCc1cc(C(NC)C(CC)CC)n(CC)n1. The third-order valence-corrected chi connectivity index (χ3v) is 3.67. The number of hydrogen-bond acceptors (Lipinski definition) is 2. The zero-order valence-corrected chi connectivity index (χ0v) is 12.0. The third kappa shape index (κ3) is 3.09. The molecule has 1 aromatic heterocycles. The minimum atomic E-state index is 0.428. The number of nitrogens with zero attached hydrogens (tertiary/aromatic N) is 2. The van der Waals surface area contributed by atoms with E-state index in [4.69, 9.17) is 0 Å².